The van der Waals surface area contributed by atoms with Crippen LogP contribution in [0.5, 0.6) is 0 Å². The van der Waals surface area contributed by atoms with E-state index in [1.807, 2.05) is 29.2 Å². The van der Waals surface area contributed by atoms with E-state index in [1.54, 1.807) is 18.0 Å². The van der Waals surface area contributed by atoms with Crippen LogP contribution in [0.25, 0.3) is 0 Å². The molecule has 0 N–H and O–H groups in total. The Balaban J connectivity index is 2.28. The molecule has 1 aliphatic heterocycles. The van der Waals surface area contributed by atoms with Gasteiger partial charge in [-0.05, 0) is 24.6 Å². The molecule has 0 saturated heterocycles. The average molecular weight is 303 g/mol. The van der Waals surface area contributed by atoms with Gasteiger partial charge in [-0.15, -0.1) is 10.2 Å². The van der Waals surface area contributed by atoms with Gasteiger partial charge in [-0.1, -0.05) is 30.7 Å². The van der Waals surface area contributed by atoms with E-state index in [4.69, 9.17) is 11.6 Å². The molecule has 108 valence electrons. The molecule has 0 saturated carbocycles. The van der Waals surface area contributed by atoms with Crippen molar-refractivity contribution in [2.24, 2.45) is 0 Å². The fourth-order valence-electron chi connectivity index (χ4n) is 2.55. The first-order chi connectivity index (χ1) is 10.1. The first kappa shape index (κ1) is 13.8. The van der Waals surface area contributed by atoms with E-state index in [0.29, 0.717) is 11.4 Å². The Labute approximate surface area is 128 Å². The zero-order valence-electron chi connectivity index (χ0n) is 11.9. The quantitative estimate of drug-likeness (QED) is 0.854. The molecule has 0 spiro atoms. The summed E-state index contributed by atoms with van der Waals surface area (Å²) in [4.78, 5) is 16.3. The Morgan fingerprint density at radius 1 is 1.19 bits per heavy atom. The van der Waals surface area contributed by atoms with Gasteiger partial charge >= 0.3 is 0 Å². The molecule has 0 aliphatic carbocycles. The van der Waals surface area contributed by atoms with E-state index in [2.05, 4.69) is 17.1 Å². The largest absolute Gasteiger partial charge is 0.322 e. The minimum absolute atomic E-state index is 0.132. The highest BCUT2D eigenvalue weighted by Crippen LogP contribution is 2.39. The van der Waals surface area contributed by atoms with Gasteiger partial charge < -0.3 is 9.80 Å². The van der Waals surface area contributed by atoms with Gasteiger partial charge in [0.2, 0.25) is 0 Å². The van der Waals surface area contributed by atoms with E-state index < -0.39 is 0 Å². The highest BCUT2D eigenvalue weighted by molar-refractivity contribution is 6.30. The first-order valence-electron chi connectivity index (χ1n) is 6.81. The number of hydrogen-bond donors (Lipinski definition) is 0. The number of carbonyl (C=O) groups is 1. The van der Waals surface area contributed by atoms with Crippen molar-refractivity contribution in [1.82, 2.24) is 10.2 Å². The molecule has 2 aromatic rings. The number of halogens is 1. The SMILES string of the molecule is CCCN1c2ccccc2N(C)C(=O)c2cc(Cl)nnc21. The van der Waals surface area contributed by atoms with Crippen LogP contribution in [-0.2, 0) is 0 Å². The number of para-hydroxylation sites is 2. The van der Waals surface area contributed by atoms with Crippen molar-refractivity contribution in [3.05, 3.63) is 41.0 Å². The monoisotopic (exact) mass is 302 g/mol. The predicted octanol–water partition coefficient (Wildman–Crippen LogP) is 3.27. The van der Waals surface area contributed by atoms with Crippen LogP contribution >= 0.6 is 11.6 Å². The number of rotatable bonds is 2. The maximum Gasteiger partial charge on any atom is 0.262 e. The third-order valence-electron chi connectivity index (χ3n) is 3.52. The Kier molecular flexibility index (Phi) is 3.51. The lowest BCUT2D eigenvalue weighted by atomic mass is 10.2. The minimum atomic E-state index is -0.132. The summed E-state index contributed by atoms with van der Waals surface area (Å²) in [6, 6.07) is 9.36. The van der Waals surface area contributed by atoms with Crippen molar-refractivity contribution in [3.8, 4) is 0 Å². The molecule has 0 bridgehead atoms. The van der Waals surface area contributed by atoms with Crippen molar-refractivity contribution in [3.63, 3.8) is 0 Å². The molecule has 1 amide bonds. The fraction of sp³-hybridized carbons (Fsp3) is 0.267. The molecule has 21 heavy (non-hydrogen) atoms. The Hall–Kier alpha value is -2.14. The van der Waals surface area contributed by atoms with Crippen LogP contribution in [-0.4, -0.2) is 29.7 Å². The highest BCUT2D eigenvalue weighted by atomic mass is 35.5. The smallest absolute Gasteiger partial charge is 0.262 e. The molecule has 5 nitrogen and oxygen atoms in total. The lowest BCUT2D eigenvalue weighted by Crippen LogP contribution is -2.25. The van der Waals surface area contributed by atoms with Crippen LogP contribution in [0.3, 0.4) is 0 Å². The second kappa shape index (κ2) is 5.33. The van der Waals surface area contributed by atoms with E-state index in [1.165, 1.54) is 0 Å². The van der Waals surface area contributed by atoms with E-state index in [0.717, 1.165) is 24.3 Å². The van der Waals surface area contributed by atoms with Crippen LogP contribution < -0.4 is 9.80 Å². The summed E-state index contributed by atoms with van der Waals surface area (Å²) in [5.41, 5.74) is 2.28. The van der Waals surface area contributed by atoms with Gasteiger partial charge in [0.25, 0.3) is 5.91 Å². The number of anilines is 3. The average Bonchev–Trinajstić information content (AvgIpc) is 2.58. The molecule has 0 fully saturated rings. The molecular weight excluding hydrogens is 288 g/mol. The zero-order chi connectivity index (χ0) is 15.0. The summed E-state index contributed by atoms with van der Waals surface area (Å²) in [7, 11) is 1.76. The third-order valence-corrected chi connectivity index (χ3v) is 3.70. The Morgan fingerprint density at radius 3 is 2.62 bits per heavy atom. The number of nitrogens with zero attached hydrogens (tertiary/aromatic N) is 4. The van der Waals surface area contributed by atoms with Crippen molar-refractivity contribution in [2.45, 2.75) is 13.3 Å². The van der Waals surface area contributed by atoms with Crippen LogP contribution in [0, 0.1) is 0 Å². The number of aromatic nitrogens is 2. The van der Waals surface area contributed by atoms with E-state index >= 15 is 0 Å². The predicted molar refractivity (Wildman–Crippen MR) is 83.5 cm³/mol. The Bertz CT molecular complexity index is 704. The van der Waals surface area contributed by atoms with Crippen molar-refractivity contribution < 1.29 is 4.79 Å². The van der Waals surface area contributed by atoms with Crippen LogP contribution in [0.2, 0.25) is 5.15 Å². The topological polar surface area (TPSA) is 49.3 Å². The van der Waals surface area contributed by atoms with Crippen molar-refractivity contribution >= 4 is 34.7 Å². The molecule has 6 heteroatoms. The van der Waals surface area contributed by atoms with Crippen molar-refractivity contribution in [1.29, 1.82) is 0 Å². The van der Waals surface area contributed by atoms with Gasteiger partial charge in [0, 0.05) is 13.6 Å². The lowest BCUT2D eigenvalue weighted by molar-refractivity contribution is 0.0994. The molecule has 0 atom stereocenters. The molecular formula is C15H15ClN4O. The molecule has 0 radical (unpaired) electrons. The van der Waals surface area contributed by atoms with E-state index in [9.17, 15) is 4.79 Å². The van der Waals surface area contributed by atoms with Crippen LogP contribution in [0.1, 0.15) is 23.7 Å². The summed E-state index contributed by atoms with van der Waals surface area (Å²) < 4.78 is 0. The third kappa shape index (κ3) is 2.23. The van der Waals surface area contributed by atoms with Gasteiger partial charge in [-0.2, -0.15) is 0 Å². The maximum absolute atomic E-state index is 12.7. The number of fused-ring (bicyclic) bond motifs is 2. The number of amides is 1. The van der Waals surface area contributed by atoms with Crippen LogP contribution in [0.15, 0.2) is 30.3 Å². The standard InChI is InChI=1S/C15H15ClN4O/c1-3-8-20-12-7-5-4-6-11(12)19(2)15(21)10-9-13(16)17-18-14(10)20/h4-7,9H,3,8H2,1-2H3. The number of carbonyl (C=O) groups excluding carboxylic acids is 1. The second-order valence-electron chi connectivity index (χ2n) is 4.91. The normalized spacial score (nSPS) is 13.8. The molecule has 0 unspecified atom stereocenters. The number of benzene rings is 1. The van der Waals surface area contributed by atoms with Gasteiger partial charge in [-0.25, -0.2) is 0 Å². The van der Waals surface area contributed by atoms with Crippen LogP contribution in [0.4, 0.5) is 17.2 Å². The molecule has 1 aromatic heterocycles. The summed E-state index contributed by atoms with van der Waals surface area (Å²) in [5.74, 6) is 0.427. The Morgan fingerprint density at radius 2 is 1.90 bits per heavy atom. The van der Waals surface area contributed by atoms with Gasteiger partial charge in [0.1, 0.15) is 0 Å². The van der Waals surface area contributed by atoms with E-state index in [-0.39, 0.29) is 11.1 Å². The summed E-state index contributed by atoms with van der Waals surface area (Å²) in [5, 5.41) is 8.28. The molecule has 3 rings (SSSR count). The zero-order valence-corrected chi connectivity index (χ0v) is 12.6. The minimum Gasteiger partial charge on any atom is -0.322 e. The molecule has 2 heterocycles. The lowest BCUT2D eigenvalue weighted by Gasteiger charge is -2.24. The molecule has 1 aromatic carbocycles. The van der Waals surface area contributed by atoms with Gasteiger partial charge in [-0.3, -0.25) is 4.79 Å². The summed E-state index contributed by atoms with van der Waals surface area (Å²) in [6.07, 6.45) is 0.927. The second-order valence-corrected chi connectivity index (χ2v) is 5.30. The maximum atomic E-state index is 12.7. The fourth-order valence-corrected chi connectivity index (χ4v) is 2.70. The summed E-state index contributed by atoms with van der Waals surface area (Å²) in [6.45, 7) is 2.84. The van der Waals surface area contributed by atoms with Gasteiger partial charge in [0.15, 0.2) is 11.0 Å². The molecule has 1 aliphatic rings. The first-order valence-corrected chi connectivity index (χ1v) is 7.19. The highest BCUT2D eigenvalue weighted by Gasteiger charge is 2.30. The summed E-state index contributed by atoms with van der Waals surface area (Å²) >= 11 is 5.92. The van der Waals surface area contributed by atoms with Gasteiger partial charge in [0.05, 0.1) is 16.9 Å². The number of hydrogen-bond acceptors (Lipinski definition) is 4. The van der Waals surface area contributed by atoms with Crippen molar-refractivity contribution in [2.75, 3.05) is 23.4 Å².